The lowest BCUT2D eigenvalue weighted by molar-refractivity contribution is -0.133. The van der Waals surface area contributed by atoms with Crippen molar-refractivity contribution in [2.75, 3.05) is 11.5 Å². The largest absolute Gasteiger partial charge is 0.508 e. The Hall–Kier alpha value is -1.59. The van der Waals surface area contributed by atoms with Crippen molar-refractivity contribution in [3.8, 4) is 11.5 Å². The molecule has 0 atom stereocenters. The molecule has 0 amide bonds. The number of carbonyl (C=O) groups excluding carboxylic acids is 1. The van der Waals surface area contributed by atoms with Crippen molar-refractivity contribution in [3.63, 3.8) is 0 Å². The molecule has 43 heavy (non-hydrogen) atoms. The summed E-state index contributed by atoms with van der Waals surface area (Å²) in [5, 5.41) is 10.6. The number of aryl methyl sites for hydroxylation is 2. The number of aromatic hydroxyl groups is 1. The van der Waals surface area contributed by atoms with Gasteiger partial charge in [0.2, 0.25) is 0 Å². The molecule has 0 spiro atoms. The Morgan fingerprint density at radius 1 is 0.698 bits per heavy atom. The van der Waals surface area contributed by atoms with Gasteiger partial charge in [-0.15, -0.1) is 0 Å². The van der Waals surface area contributed by atoms with Gasteiger partial charge in [-0.3, -0.25) is 4.79 Å². The van der Waals surface area contributed by atoms with Crippen molar-refractivity contribution < 1.29 is 14.6 Å². The summed E-state index contributed by atoms with van der Waals surface area (Å²) in [6, 6.07) is 8.20. The normalized spacial score (nSPS) is 12.1. The van der Waals surface area contributed by atoms with Gasteiger partial charge in [0.1, 0.15) is 11.5 Å². The highest BCUT2D eigenvalue weighted by molar-refractivity contribution is 7.99. The number of rotatable bonds is 18. The highest BCUT2D eigenvalue weighted by atomic mass is 32.2. The summed E-state index contributed by atoms with van der Waals surface area (Å²) in [6.45, 7) is 19.2. The van der Waals surface area contributed by atoms with Gasteiger partial charge in [-0.2, -0.15) is 11.8 Å². The maximum atomic E-state index is 12.8. The molecule has 0 bridgehead atoms. The van der Waals surface area contributed by atoms with E-state index in [4.69, 9.17) is 4.74 Å². The second-order valence-corrected chi connectivity index (χ2v) is 16.5. The van der Waals surface area contributed by atoms with Crippen LogP contribution in [0.25, 0.3) is 0 Å². The van der Waals surface area contributed by atoms with Gasteiger partial charge in [-0.1, -0.05) is 124 Å². The molecule has 3 nitrogen and oxygen atoms in total. The van der Waals surface area contributed by atoms with Crippen molar-refractivity contribution >= 4 is 29.5 Å². The fraction of sp³-hybridized carbons (Fsp3) is 0.658. The van der Waals surface area contributed by atoms with E-state index in [9.17, 15) is 9.90 Å². The lowest BCUT2D eigenvalue weighted by Gasteiger charge is -2.25. The number of benzene rings is 2. The molecular formula is C38H60O3S2. The van der Waals surface area contributed by atoms with Crippen LogP contribution in [-0.4, -0.2) is 22.6 Å². The maximum Gasteiger partial charge on any atom is 0.312 e. The zero-order valence-corrected chi connectivity index (χ0v) is 30.4. The predicted molar refractivity (Wildman–Crippen MR) is 190 cm³/mol. The Labute approximate surface area is 272 Å². The molecule has 5 heteroatoms. The summed E-state index contributed by atoms with van der Waals surface area (Å²) in [5.41, 5.74) is 3.78. The van der Waals surface area contributed by atoms with Crippen LogP contribution in [0.4, 0.5) is 0 Å². The quantitative estimate of drug-likeness (QED) is 0.101. The monoisotopic (exact) mass is 628 g/mol. The molecule has 2 rings (SSSR count). The molecule has 0 saturated heterocycles. The molecule has 0 fully saturated rings. The van der Waals surface area contributed by atoms with E-state index in [-0.39, 0.29) is 16.8 Å². The van der Waals surface area contributed by atoms with Crippen LogP contribution >= 0.6 is 23.5 Å². The molecule has 0 heterocycles. The van der Waals surface area contributed by atoms with E-state index < -0.39 is 0 Å². The summed E-state index contributed by atoms with van der Waals surface area (Å²) < 4.78 is 5.98. The highest BCUT2D eigenvalue weighted by Gasteiger charge is 2.24. The molecule has 0 aromatic heterocycles. The second-order valence-electron chi connectivity index (χ2n) is 14.2. The fourth-order valence-electron chi connectivity index (χ4n) is 5.24. The predicted octanol–water partition coefficient (Wildman–Crippen LogP) is 12.1. The third kappa shape index (κ3) is 13.5. The van der Waals surface area contributed by atoms with Gasteiger partial charge in [-0.05, 0) is 72.2 Å². The van der Waals surface area contributed by atoms with Gasteiger partial charge in [0.05, 0.1) is 6.42 Å². The summed E-state index contributed by atoms with van der Waals surface area (Å²) >= 11 is 3.59. The number of thioether (sulfide) groups is 1. The molecule has 1 N–H and O–H groups in total. The van der Waals surface area contributed by atoms with Crippen LogP contribution in [0.15, 0.2) is 34.1 Å². The molecule has 0 saturated carbocycles. The van der Waals surface area contributed by atoms with Crippen LogP contribution in [0.1, 0.15) is 148 Å². The van der Waals surface area contributed by atoms with Gasteiger partial charge in [0, 0.05) is 26.7 Å². The Morgan fingerprint density at radius 3 is 1.72 bits per heavy atom. The minimum atomic E-state index is -0.178. The standard InChI is InChI=1S/C38H60O3S2/c1-10-11-12-13-14-15-16-17-18-19-20-22-42-23-21-36(40)41-33-25-29(3)35(27-31(33)38(7,8)9)43-34-26-30(37(4,5)6)32(39)24-28(34)2/h24-27,39H,10-23H2,1-9H3. The van der Waals surface area contributed by atoms with Gasteiger partial charge in [0.25, 0.3) is 0 Å². The van der Waals surface area contributed by atoms with E-state index in [1.165, 1.54) is 70.6 Å². The number of unbranched alkanes of at least 4 members (excludes halogenated alkanes) is 10. The van der Waals surface area contributed by atoms with Gasteiger partial charge in [-0.25, -0.2) is 0 Å². The molecule has 2 aromatic rings. The van der Waals surface area contributed by atoms with E-state index in [1.54, 1.807) is 11.8 Å². The topological polar surface area (TPSA) is 46.5 Å². The minimum Gasteiger partial charge on any atom is -0.508 e. The van der Waals surface area contributed by atoms with Crippen LogP contribution in [-0.2, 0) is 15.6 Å². The molecule has 0 aliphatic rings. The van der Waals surface area contributed by atoms with E-state index >= 15 is 0 Å². The number of phenols is 1. The van der Waals surface area contributed by atoms with Crippen LogP contribution < -0.4 is 4.74 Å². The first-order valence-corrected chi connectivity index (χ1v) is 18.7. The van der Waals surface area contributed by atoms with Crippen molar-refractivity contribution in [2.24, 2.45) is 0 Å². The maximum absolute atomic E-state index is 12.8. The van der Waals surface area contributed by atoms with Gasteiger partial charge in [0.15, 0.2) is 0 Å². The fourth-order valence-corrected chi connectivity index (χ4v) is 7.20. The average Bonchev–Trinajstić information content (AvgIpc) is 2.90. The lowest BCUT2D eigenvalue weighted by atomic mass is 9.86. The number of carbonyl (C=O) groups is 1. The third-order valence-corrected chi connectivity index (χ3v) is 10.4. The first kappa shape index (κ1) is 37.6. The molecule has 0 unspecified atom stereocenters. The molecule has 2 aromatic carbocycles. The Balaban J connectivity index is 1.87. The highest BCUT2D eigenvalue weighted by Crippen LogP contribution is 2.43. The van der Waals surface area contributed by atoms with Gasteiger partial charge < -0.3 is 9.84 Å². The number of phenolic OH excluding ortho intramolecular Hbond substituents is 1. The van der Waals surface area contributed by atoms with Crippen LogP contribution in [0.2, 0.25) is 0 Å². The lowest BCUT2D eigenvalue weighted by Crippen LogP contribution is -2.17. The molecule has 0 aliphatic heterocycles. The number of hydrogen-bond acceptors (Lipinski definition) is 5. The molecule has 0 aliphatic carbocycles. The van der Waals surface area contributed by atoms with E-state index in [2.05, 4.69) is 67.5 Å². The van der Waals surface area contributed by atoms with E-state index in [1.807, 2.05) is 30.8 Å². The van der Waals surface area contributed by atoms with E-state index in [0.29, 0.717) is 17.9 Å². The number of hydrogen-bond donors (Lipinski definition) is 1. The van der Waals surface area contributed by atoms with Crippen LogP contribution in [0.3, 0.4) is 0 Å². The van der Waals surface area contributed by atoms with Crippen molar-refractivity contribution in [1.82, 2.24) is 0 Å². The third-order valence-electron chi connectivity index (χ3n) is 7.97. The average molecular weight is 629 g/mol. The zero-order chi connectivity index (χ0) is 32.0. The van der Waals surface area contributed by atoms with Crippen molar-refractivity contribution in [3.05, 3.63) is 46.5 Å². The second kappa shape index (κ2) is 18.4. The Kier molecular flexibility index (Phi) is 16.1. The molecular weight excluding hydrogens is 569 g/mol. The smallest absolute Gasteiger partial charge is 0.312 e. The summed E-state index contributed by atoms with van der Waals surface area (Å²) in [7, 11) is 0. The SMILES string of the molecule is CCCCCCCCCCCCCSCCC(=O)Oc1cc(C)c(Sc2cc(C(C)(C)C)c(O)cc2C)cc1C(C)(C)C. The van der Waals surface area contributed by atoms with Crippen LogP contribution in [0.5, 0.6) is 11.5 Å². The Bertz CT molecular complexity index is 1140. The number of ether oxygens (including phenoxy) is 1. The molecule has 242 valence electrons. The summed E-state index contributed by atoms with van der Waals surface area (Å²) in [5.74, 6) is 2.80. The summed E-state index contributed by atoms with van der Waals surface area (Å²) in [4.78, 5) is 15.1. The van der Waals surface area contributed by atoms with E-state index in [0.717, 1.165) is 43.6 Å². The van der Waals surface area contributed by atoms with Crippen LogP contribution in [0, 0.1) is 13.8 Å². The Morgan fingerprint density at radius 2 is 1.19 bits per heavy atom. The number of esters is 1. The first-order valence-electron chi connectivity index (χ1n) is 16.7. The van der Waals surface area contributed by atoms with Crippen molar-refractivity contribution in [2.45, 2.75) is 160 Å². The van der Waals surface area contributed by atoms with Gasteiger partial charge >= 0.3 is 5.97 Å². The summed E-state index contributed by atoms with van der Waals surface area (Å²) in [6.07, 6.45) is 15.4. The van der Waals surface area contributed by atoms with Crippen molar-refractivity contribution in [1.29, 1.82) is 0 Å². The first-order chi connectivity index (χ1) is 20.2. The minimum absolute atomic E-state index is 0.151. The zero-order valence-electron chi connectivity index (χ0n) is 28.8. The molecule has 0 radical (unpaired) electrons.